The lowest BCUT2D eigenvalue weighted by molar-refractivity contribution is -0.141. The maximum atomic E-state index is 13.7. The number of carbonyl (C=O) groups excluding carboxylic acids is 1. The van der Waals surface area contributed by atoms with Gasteiger partial charge in [0.15, 0.2) is 5.69 Å². The van der Waals surface area contributed by atoms with Gasteiger partial charge in [-0.3, -0.25) is 9.48 Å². The fourth-order valence-corrected chi connectivity index (χ4v) is 2.32. The summed E-state index contributed by atoms with van der Waals surface area (Å²) in [7, 11) is 1.36. The molecule has 0 saturated carbocycles. The molecule has 0 aliphatic rings. The number of pyridine rings is 1. The Morgan fingerprint density at radius 2 is 1.85 bits per heavy atom. The number of hydrogen-bond donors (Lipinski definition) is 1. The van der Waals surface area contributed by atoms with Crippen molar-refractivity contribution >= 4 is 11.7 Å². The van der Waals surface area contributed by atoms with E-state index in [1.165, 1.54) is 43.4 Å². The van der Waals surface area contributed by atoms with Crippen molar-refractivity contribution in [1.82, 2.24) is 14.8 Å². The standard InChI is InChI=1S/C17H12F4N4O/c1-25-13(9-14(24-25)17(19,20)21)12-7-4-8-15(22-12)23-16(26)10-5-2-3-6-11(10)18/h2-9H,1H3,(H,22,23,26). The summed E-state index contributed by atoms with van der Waals surface area (Å²) < 4.78 is 53.1. The van der Waals surface area contributed by atoms with E-state index in [-0.39, 0.29) is 22.8 Å². The highest BCUT2D eigenvalue weighted by Crippen LogP contribution is 2.31. The summed E-state index contributed by atoms with van der Waals surface area (Å²) in [5, 5.41) is 5.85. The van der Waals surface area contributed by atoms with Crippen LogP contribution in [0.1, 0.15) is 16.1 Å². The van der Waals surface area contributed by atoms with Crippen LogP contribution in [0, 0.1) is 5.82 Å². The maximum absolute atomic E-state index is 13.7. The van der Waals surface area contributed by atoms with Crippen LogP contribution in [-0.2, 0) is 13.2 Å². The quantitative estimate of drug-likeness (QED) is 0.718. The van der Waals surface area contributed by atoms with Crippen molar-refractivity contribution in [2.75, 3.05) is 5.32 Å². The van der Waals surface area contributed by atoms with Gasteiger partial charge in [-0.15, -0.1) is 0 Å². The van der Waals surface area contributed by atoms with E-state index in [9.17, 15) is 22.4 Å². The molecule has 0 saturated heterocycles. The molecule has 0 bridgehead atoms. The van der Waals surface area contributed by atoms with Gasteiger partial charge in [-0.25, -0.2) is 9.37 Å². The molecule has 26 heavy (non-hydrogen) atoms. The smallest absolute Gasteiger partial charge is 0.306 e. The Balaban J connectivity index is 1.89. The Labute approximate surface area is 145 Å². The number of nitrogens with zero attached hydrogens (tertiary/aromatic N) is 3. The average Bonchev–Trinajstić information content (AvgIpc) is 2.97. The van der Waals surface area contributed by atoms with Crippen LogP contribution in [0.5, 0.6) is 0 Å². The lowest BCUT2D eigenvalue weighted by atomic mass is 10.2. The van der Waals surface area contributed by atoms with Gasteiger partial charge in [-0.05, 0) is 30.3 Å². The van der Waals surface area contributed by atoms with Crippen LogP contribution in [0.25, 0.3) is 11.4 Å². The molecule has 2 aromatic heterocycles. The van der Waals surface area contributed by atoms with Crippen molar-refractivity contribution in [1.29, 1.82) is 0 Å². The lowest BCUT2D eigenvalue weighted by Crippen LogP contribution is -2.14. The van der Waals surface area contributed by atoms with Crippen molar-refractivity contribution in [2.24, 2.45) is 7.05 Å². The minimum Gasteiger partial charge on any atom is -0.306 e. The summed E-state index contributed by atoms with van der Waals surface area (Å²) in [5.74, 6) is -1.33. The maximum Gasteiger partial charge on any atom is 0.435 e. The molecule has 3 aromatic rings. The largest absolute Gasteiger partial charge is 0.435 e. The fraction of sp³-hybridized carbons (Fsp3) is 0.118. The molecule has 1 N–H and O–H groups in total. The predicted molar refractivity (Wildman–Crippen MR) is 85.8 cm³/mol. The molecule has 0 spiro atoms. The monoisotopic (exact) mass is 364 g/mol. The van der Waals surface area contributed by atoms with E-state index in [4.69, 9.17) is 0 Å². The number of amides is 1. The van der Waals surface area contributed by atoms with Gasteiger partial charge in [-0.2, -0.15) is 18.3 Å². The fourth-order valence-electron chi connectivity index (χ4n) is 2.32. The van der Waals surface area contributed by atoms with Crippen molar-refractivity contribution in [2.45, 2.75) is 6.18 Å². The Morgan fingerprint density at radius 1 is 1.12 bits per heavy atom. The number of halogens is 4. The van der Waals surface area contributed by atoms with Gasteiger partial charge in [-0.1, -0.05) is 18.2 Å². The molecule has 9 heteroatoms. The summed E-state index contributed by atoms with van der Waals surface area (Å²) in [4.78, 5) is 16.2. The van der Waals surface area contributed by atoms with E-state index in [2.05, 4.69) is 15.4 Å². The molecule has 134 valence electrons. The molecular formula is C17H12F4N4O. The number of aryl methyl sites for hydroxylation is 1. The third kappa shape index (κ3) is 3.56. The highest BCUT2D eigenvalue weighted by Gasteiger charge is 2.34. The highest BCUT2D eigenvalue weighted by atomic mass is 19.4. The first-order valence-corrected chi connectivity index (χ1v) is 7.40. The molecule has 5 nitrogen and oxygen atoms in total. The first kappa shape index (κ1) is 17.6. The summed E-state index contributed by atoms with van der Waals surface area (Å²) in [5.41, 5.74) is -0.904. The van der Waals surface area contributed by atoms with Crippen LogP contribution in [-0.4, -0.2) is 20.7 Å². The number of alkyl halides is 3. The van der Waals surface area contributed by atoms with E-state index >= 15 is 0 Å². The van der Waals surface area contributed by atoms with E-state index < -0.39 is 23.6 Å². The van der Waals surface area contributed by atoms with Gasteiger partial charge in [0.2, 0.25) is 0 Å². The lowest BCUT2D eigenvalue weighted by Gasteiger charge is -2.07. The van der Waals surface area contributed by atoms with Crippen LogP contribution in [0.4, 0.5) is 23.4 Å². The second-order valence-electron chi connectivity index (χ2n) is 5.38. The average molecular weight is 364 g/mol. The number of carbonyl (C=O) groups is 1. The van der Waals surface area contributed by atoms with E-state index in [1.807, 2.05) is 0 Å². The van der Waals surface area contributed by atoms with Gasteiger partial charge in [0.25, 0.3) is 5.91 Å². The van der Waals surface area contributed by atoms with Gasteiger partial charge >= 0.3 is 6.18 Å². The van der Waals surface area contributed by atoms with Gasteiger partial charge in [0.05, 0.1) is 17.0 Å². The zero-order valence-electron chi connectivity index (χ0n) is 13.4. The highest BCUT2D eigenvalue weighted by molar-refractivity contribution is 6.04. The Kier molecular flexibility index (Phi) is 4.45. The third-order valence-electron chi connectivity index (χ3n) is 3.54. The number of aromatic nitrogens is 3. The van der Waals surface area contributed by atoms with Crippen LogP contribution < -0.4 is 5.32 Å². The van der Waals surface area contributed by atoms with E-state index in [0.29, 0.717) is 0 Å². The van der Waals surface area contributed by atoms with Crippen LogP contribution >= 0.6 is 0 Å². The summed E-state index contributed by atoms with van der Waals surface area (Å²) in [6, 6.07) is 10.7. The normalized spacial score (nSPS) is 11.4. The van der Waals surface area contributed by atoms with E-state index in [1.54, 1.807) is 0 Å². The predicted octanol–water partition coefficient (Wildman–Crippen LogP) is 3.89. The molecule has 0 aliphatic carbocycles. The Morgan fingerprint density at radius 3 is 2.50 bits per heavy atom. The molecule has 3 rings (SSSR count). The number of rotatable bonds is 3. The van der Waals surface area contributed by atoms with Crippen LogP contribution in [0.3, 0.4) is 0 Å². The molecular weight excluding hydrogens is 352 g/mol. The molecule has 2 heterocycles. The molecule has 1 amide bonds. The Hall–Kier alpha value is -3.23. The number of nitrogens with one attached hydrogen (secondary N) is 1. The summed E-state index contributed by atoms with van der Waals surface area (Å²) in [6.45, 7) is 0. The van der Waals surface area contributed by atoms with E-state index in [0.717, 1.165) is 16.8 Å². The van der Waals surface area contributed by atoms with Gasteiger partial charge < -0.3 is 5.32 Å². The second-order valence-corrected chi connectivity index (χ2v) is 5.38. The summed E-state index contributed by atoms with van der Waals surface area (Å²) in [6.07, 6.45) is -4.58. The molecule has 0 unspecified atom stereocenters. The minimum absolute atomic E-state index is 0.0745. The Bertz CT molecular complexity index is 965. The first-order valence-electron chi connectivity index (χ1n) is 7.40. The van der Waals surface area contributed by atoms with Crippen LogP contribution in [0.15, 0.2) is 48.5 Å². The van der Waals surface area contributed by atoms with Crippen molar-refractivity contribution in [3.8, 4) is 11.4 Å². The molecule has 1 aromatic carbocycles. The molecule has 0 aliphatic heterocycles. The first-order chi connectivity index (χ1) is 12.3. The minimum atomic E-state index is -4.58. The summed E-state index contributed by atoms with van der Waals surface area (Å²) >= 11 is 0. The second kappa shape index (κ2) is 6.58. The number of hydrogen-bond acceptors (Lipinski definition) is 3. The number of benzene rings is 1. The SMILES string of the molecule is Cn1nc(C(F)(F)F)cc1-c1cccc(NC(=O)c2ccccc2F)n1. The molecule has 0 fully saturated rings. The van der Waals surface area contributed by atoms with Crippen molar-refractivity contribution in [3.05, 3.63) is 65.6 Å². The molecule has 0 atom stereocenters. The van der Waals surface area contributed by atoms with Crippen molar-refractivity contribution < 1.29 is 22.4 Å². The third-order valence-corrected chi connectivity index (χ3v) is 3.54. The zero-order valence-corrected chi connectivity index (χ0v) is 13.4. The zero-order chi connectivity index (χ0) is 18.9. The topological polar surface area (TPSA) is 59.8 Å². The van der Waals surface area contributed by atoms with Crippen LogP contribution in [0.2, 0.25) is 0 Å². The van der Waals surface area contributed by atoms with Crippen molar-refractivity contribution in [3.63, 3.8) is 0 Å². The number of anilines is 1. The van der Waals surface area contributed by atoms with Gasteiger partial charge in [0, 0.05) is 7.05 Å². The van der Waals surface area contributed by atoms with Gasteiger partial charge in [0.1, 0.15) is 11.6 Å². The molecule has 0 radical (unpaired) electrons.